The fourth-order valence-electron chi connectivity index (χ4n) is 2.48. The Morgan fingerprint density at radius 3 is 2.43 bits per heavy atom. The van der Waals surface area contributed by atoms with E-state index in [0.29, 0.717) is 11.6 Å². The van der Waals surface area contributed by atoms with Gasteiger partial charge in [-0.15, -0.1) is 11.3 Å². The molecule has 1 aromatic carbocycles. The number of nitrogens with one attached hydrogen (secondary N) is 1. The Bertz CT molecular complexity index is 794. The van der Waals surface area contributed by atoms with Crippen LogP contribution in [0.2, 0.25) is 0 Å². The van der Waals surface area contributed by atoms with Gasteiger partial charge in [-0.25, -0.2) is 9.97 Å². The van der Waals surface area contributed by atoms with Crippen molar-refractivity contribution in [2.45, 2.75) is 26.8 Å². The highest BCUT2D eigenvalue weighted by atomic mass is 32.1. The molecule has 108 valence electrons. The van der Waals surface area contributed by atoms with E-state index in [9.17, 15) is 0 Å². The molecule has 0 fully saturated rings. The summed E-state index contributed by atoms with van der Waals surface area (Å²) in [6.07, 6.45) is 0. The highest BCUT2D eigenvalue weighted by molar-refractivity contribution is 7.12. The summed E-state index contributed by atoms with van der Waals surface area (Å²) < 4.78 is 0. The van der Waals surface area contributed by atoms with Crippen molar-refractivity contribution in [3.8, 4) is 0 Å². The zero-order valence-corrected chi connectivity index (χ0v) is 13.2. The lowest BCUT2D eigenvalue weighted by atomic mass is 10.1. The maximum atomic E-state index is 6.02. The average Bonchev–Trinajstić information content (AvgIpc) is 2.78. The van der Waals surface area contributed by atoms with Crippen LogP contribution in [0.1, 0.15) is 28.3 Å². The molecular weight excluding hydrogens is 280 g/mol. The maximum Gasteiger partial charge on any atom is 0.170 e. The predicted octanol–water partition coefficient (Wildman–Crippen LogP) is 4.06. The molecule has 0 aliphatic rings. The van der Waals surface area contributed by atoms with Gasteiger partial charge in [0.15, 0.2) is 11.6 Å². The van der Waals surface area contributed by atoms with Crippen LogP contribution in [0.15, 0.2) is 30.3 Å². The van der Waals surface area contributed by atoms with E-state index in [4.69, 9.17) is 5.73 Å². The quantitative estimate of drug-likeness (QED) is 0.765. The van der Waals surface area contributed by atoms with Crippen molar-refractivity contribution in [1.82, 2.24) is 9.97 Å². The molecular formula is C16H18N4S. The van der Waals surface area contributed by atoms with Crippen molar-refractivity contribution >= 4 is 34.0 Å². The summed E-state index contributed by atoms with van der Waals surface area (Å²) in [7, 11) is 0. The van der Waals surface area contributed by atoms with Gasteiger partial charge < -0.3 is 11.1 Å². The Morgan fingerprint density at radius 1 is 1.14 bits per heavy atom. The van der Waals surface area contributed by atoms with Gasteiger partial charge in [0, 0.05) is 9.75 Å². The Balaban J connectivity index is 1.94. The van der Waals surface area contributed by atoms with Crippen LogP contribution < -0.4 is 11.1 Å². The second-order valence-electron chi connectivity index (χ2n) is 5.18. The topological polar surface area (TPSA) is 63.8 Å². The lowest BCUT2D eigenvalue weighted by molar-refractivity contribution is 0.873. The summed E-state index contributed by atoms with van der Waals surface area (Å²) >= 11 is 1.81. The number of aromatic nitrogens is 2. The zero-order valence-electron chi connectivity index (χ0n) is 12.3. The first-order valence-corrected chi connectivity index (χ1v) is 7.72. The van der Waals surface area contributed by atoms with E-state index in [0.717, 1.165) is 11.0 Å². The van der Waals surface area contributed by atoms with E-state index >= 15 is 0 Å². The minimum atomic E-state index is 0.146. The number of fused-ring (bicyclic) bond motifs is 1. The monoisotopic (exact) mass is 298 g/mol. The molecule has 0 saturated heterocycles. The summed E-state index contributed by atoms with van der Waals surface area (Å²) in [4.78, 5) is 11.6. The third-order valence-electron chi connectivity index (χ3n) is 3.50. The van der Waals surface area contributed by atoms with E-state index in [1.807, 2.05) is 35.6 Å². The fourth-order valence-corrected chi connectivity index (χ4v) is 3.51. The van der Waals surface area contributed by atoms with Crippen LogP contribution in [0.4, 0.5) is 11.6 Å². The van der Waals surface area contributed by atoms with Gasteiger partial charge in [-0.2, -0.15) is 0 Å². The van der Waals surface area contributed by atoms with Crippen LogP contribution in [0.5, 0.6) is 0 Å². The molecule has 4 nitrogen and oxygen atoms in total. The molecule has 3 rings (SSSR count). The first kappa shape index (κ1) is 13.8. The van der Waals surface area contributed by atoms with Crippen molar-refractivity contribution < 1.29 is 0 Å². The Labute approximate surface area is 128 Å². The van der Waals surface area contributed by atoms with E-state index in [1.165, 1.54) is 15.3 Å². The molecule has 5 heteroatoms. The molecule has 2 heterocycles. The van der Waals surface area contributed by atoms with Crippen LogP contribution in [-0.4, -0.2) is 9.97 Å². The van der Waals surface area contributed by atoms with Crippen molar-refractivity contribution in [2.24, 2.45) is 0 Å². The first-order valence-electron chi connectivity index (χ1n) is 6.90. The molecule has 3 N–H and O–H groups in total. The normalized spacial score (nSPS) is 12.5. The number of rotatable bonds is 3. The lowest BCUT2D eigenvalue weighted by Crippen LogP contribution is -2.11. The molecule has 2 aromatic heterocycles. The number of nitrogens with zero attached hydrogens (tertiary/aromatic N) is 2. The Kier molecular flexibility index (Phi) is 3.51. The average molecular weight is 298 g/mol. The Hall–Kier alpha value is -2.14. The summed E-state index contributed by atoms with van der Waals surface area (Å²) in [5.41, 5.74) is 8.97. The number of hydrogen-bond donors (Lipinski definition) is 2. The number of benzene rings is 1. The van der Waals surface area contributed by atoms with Gasteiger partial charge in [0.1, 0.15) is 0 Å². The highest BCUT2D eigenvalue weighted by Gasteiger charge is 2.14. The van der Waals surface area contributed by atoms with Gasteiger partial charge in [-0.1, -0.05) is 12.1 Å². The number of nitrogens with two attached hydrogens (primary N) is 1. The molecule has 0 bridgehead atoms. The summed E-state index contributed by atoms with van der Waals surface area (Å²) in [6, 6.07) is 10.1. The molecule has 3 aromatic rings. The molecule has 1 atom stereocenters. The van der Waals surface area contributed by atoms with E-state index in [2.05, 4.69) is 42.1 Å². The van der Waals surface area contributed by atoms with E-state index in [1.54, 1.807) is 0 Å². The van der Waals surface area contributed by atoms with Crippen LogP contribution in [0.25, 0.3) is 11.0 Å². The van der Waals surface area contributed by atoms with Crippen molar-refractivity contribution in [2.75, 3.05) is 11.1 Å². The third kappa shape index (κ3) is 2.69. The molecule has 0 saturated carbocycles. The number of para-hydroxylation sites is 2. The summed E-state index contributed by atoms with van der Waals surface area (Å²) in [5, 5.41) is 3.38. The van der Waals surface area contributed by atoms with Crippen LogP contribution >= 0.6 is 11.3 Å². The van der Waals surface area contributed by atoms with Crippen LogP contribution in [-0.2, 0) is 0 Å². The summed E-state index contributed by atoms with van der Waals surface area (Å²) in [5.74, 6) is 1.08. The van der Waals surface area contributed by atoms with Crippen molar-refractivity contribution in [1.29, 1.82) is 0 Å². The Morgan fingerprint density at radius 2 is 1.81 bits per heavy atom. The predicted molar refractivity (Wildman–Crippen MR) is 89.8 cm³/mol. The summed E-state index contributed by atoms with van der Waals surface area (Å²) in [6.45, 7) is 6.38. The molecule has 0 spiro atoms. The number of anilines is 2. The number of nitrogen functional groups attached to an aromatic ring is 1. The molecule has 21 heavy (non-hydrogen) atoms. The second-order valence-corrected chi connectivity index (χ2v) is 6.64. The number of hydrogen-bond acceptors (Lipinski definition) is 5. The SMILES string of the molecule is Cc1cc(C(C)Nc2nc3ccccc3nc2N)c(C)s1. The maximum absolute atomic E-state index is 6.02. The lowest BCUT2D eigenvalue weighted by Gasteiger charge is -2.16. The van der Waals surface area contributed by atoms with Crippen molar-refractivity contribution in [3.05, 3.63) is 45.6 Å². The standard InChI is InChI=1S/C16H18N4S/c1-9-8-12(11(3)21-9)10(2)18-16-15(17)19-13-6-4-5-7-14(13)20-16/h4-8,10H,1-3H3,(H2,17,19)(H,18,20). The minimum Gasteiger partial charge on any atom is -0.381 e. The van der Waals surface area contributed by atoms with Crippen molar-refractivity contribution in [3.63, 3.8) is 0 Å². The molecule has 0 aliphatic carbocycles. The smallest absolute Gasteiger partial charge is 0.170 e. The van der Waals surface area contributed by atoms with Gasteiger partial charge in [0.2, 0.25) is 0 Å². The van der Waals surface area contributed by atoms with Gasteiger partial charge >= 0.3 is 0 Å². The van der Waals surface area contributed by atoms with Gasteiger partial charge in [0.25, 0.3) is 0 Å². The third-order valence-corrected chi connectivity index (χ3v) is 4.48. The molecule has 1 unspecified atom stereocenters. The van der Waals surface area contributed by atoms with Gasteiger partial charge in [0.05, 0.1) is 17.1 Å². The van der Waals surface area contributed by atoms with E-state index < -0.39 is 0 Å². The second kappa shape index (κ2) is 5.33. The molecule has 0 amide bonds. The number of thiophene rings is 1. The fraction of sp³-hybridized carbons (Fsp3) is 0.250. The number of aryl methyl sites for hydroxylation is 2. The highest BCUT2D eigenvalue weighted by Crippen LogP contribution is 2.29. The van der Waals surface area contributed by atoms with Crippen LogP contribution in [0.3, 0.4) is 0 Å². The first-order chi connectivity index (χ1) is 10.0. The zero-order chi connectivity index (χ0) is 15.0. The molecule has 0 aliphatic heterocycles. The minimum absolute atomic E-state index is 0.146. The molecule has 0 radical (unpaired) electrons. The van der Waals surface area contributed by atoms with Gasteiger partial charge in [-0.3, -0.25) is 0 Å². The van der Waals surface area contributed by atoms with E-state index in [-0.39, 0.29) is 6.04 Å². The van der Waals surface area contributed by atoms with Crippen LogP contribution in [0, 0.1) is 13.8 Å². The van der Waals surface area contributed by atoms with Gasteiger partial charge in [-0.05, 0) is 44.5 Å². The largest absolute Gasteiger partial charge is 0.381 e.